The highest BCUT2D eigenvalue weighted by atomic mass is 15.2. The molecule has 4 heteroatoms. The third-order valence-electron chi connectivity index (χ3n) is 3.63. The minimum Gasteiger partial charge on any atom is -0.373 e. The molecule has 0 bridgehead atoms. The van der Waals surface area contributed by atoms with Crippen molar-refractivity contribution in [2.75, 3.05) is 24.3 Å². The number of hydrogen-bond acceptors (Lipinski definition) is 4. The van der Waals surface area contributed by atoms with Crippen LogP contribution in [0.4, 0.5) is 11.6 Å². The van der Waals surface area contributed by atoms with Crippen LogP contribution in [0.2, 0.25) is 0 Å². The van der Waals surface area contributed by atoms with E-state index in [4.69, 9.17) is 0 Å². The van der Waals surface area contributed by atoms with Gasteiger partial charge in [0.2, 0.25) is 0 Å². The fraction of sp³-hybridized carbons (Fsp3) is 0.692. The van der Waals surface area contributed by atoms with Crippen molar-refractivity contribution in [1.82, 2.24) is 9.97 Å². The summed E-state index contributed by atoms with van der Waals surface area (Å²) in [5.74, 6) is 2.47. The maximum atomic E-state index is 4.49. The lowest BCUT2D eigenvalue weighted by Gasteiger charge is -2.37. The topological polar surface area (TPSA) is 41.1 Å². The number of nitrogens with one attached hydrogen (secondary N) is 1. The van der Waals surface area contributed by atoms with Gasteiger partial charge in [-0.1, -0.05) is 13.8 Å². The summed E-state index contributed by atoms with van der Waals surface area (Å²) >= 11 is 0. The fourth-order valence-electron chi connectivity index (χ4n) is 2.35. The summed E-state index contributed by atoms with van der Waals surface area (Å²) in [5.41, 5.74) is 1.23. The average Bonchev–Trinajstić information content (AvgIpc) is 2.25. The Labute approximate surface area is 103 Å². The van der Waals surface area contributed by atoms with Gasteiger partial charge in [0.15, 0.2) is 0 Å². The summed E-state index contributed by atoms with van der Waals surface area (Å²) in [6, 6.07) is 0.659. The van der Waals surface area contributed by atoms with Crippen LogP contribution in [0.1, 0.15) is 44.6 Å². The Balaban J connectivity index is 2.37. The van der Waals surface area contributed by atoms with E-state index in [-0.39, 0.29) is 0 Å². The van der Waals surface area contributed by atoms with Gasteiger partial charge >= 0.3 is 0 Å². The first-order valence-corrected chi connectivity index (χ1v) is 6.40. The molecule has 1 aromatic rings. The van der Waals surface area contributed by atoms with Crippen molar-refractivity contribution >= 4 is 11.6 Å². The van der Waals surface area contributed by atoms with E-state index in [1.807, 2.05) is 7.05 Å². The molecule has 0 atom stereocenters. The number of aromatic nitrogens is 2. The van der Waals surface area contributed by atoms with E-state index in [2.05, 4.69) is 41.1 Å². The summed E-state index contributed by atoms with van der Waals surface area (Å²) in [6.45, 7) is 4.38. The molecule has 2 rings (SSSR count). The quantitative estimate of drug-likeness (QED) is 0.869. The third-order valence-corrected chi connectivity index (χ3v) is 3.63. The molecule has 0 unspecified atom stereocenters. The van der Waals surface area contributed by atoms with Crippen LogP contribution in [0.15, 0.2) is 6.33 Å². The van der Waals surface area contributed by atoms with Crippen LogP contribution in [0, 0.1) is 0 Å². The van der Waals surface area contributed by atoms with Crippen LogP contribution in [0.25, 0.3) is 0 Å². The van der Waals surface area contributed by atoms with E-state index in [9.17, 15) is 0 Å². The van der Waals surface area contributed by atoms with E-state index in [1.165, 1.54) is 24.8 Å². The van der Waals surface area contributed by atoms with E-state index in [1.54, 1.807) is 6.33 Å². The Kier molecular flexibility index (Phi) is 3.50. The van der Waals surface area contributed by atoms with Crippen molar-refractivity contribution < 1.29 is 0 Å². The monoisotopic (exact) mass is 234 g/mol. The highest BCUT2D eigenvalue weighted by molar-refractivity contribution is 5.60. The lowest BCUT2D eigenvalue weighted by atomic mass is 9.91. The standard InChI is InChI=1S/C13H22N4/c1-9(2)11-12(14-3)15-8-16-13(11)17(4)10-6-5-7-10/h8-10H,5-7H2,1-4H3,(H,14,15,16). The molecule has 4 nitrogen and oxygen atoms in total. The normalized spacial score (nSPS) is 15.8. The van der Waals surface area contributed by atoms with Gasteiger partial charge in [0.05, 0.1) is 0 Å². The first-order valence-electron chi connectivity index (χ1n) is 6.40. The summed E-state index contributed by atoms with van der Waals surface area (Å²) in [6.07, 6.45) is 5.57. The van der Waals surface area contributed by atoms with E-state index in [0.29, 0.717) is 12.0 Å². The number of hydrogen-bond donors (Lipinski definition) is 1. The Hall–Kier alpha value is -1.32. The predicted molar refractivity (Wildman–Crippen MR) is 71.7 cm³/mol. The molecule has 94 valence electrons. The Morgan fingerprint density at radius 3 is 2.53 bits per heavy atom. The summed E-state index contributed by atoms with van der Waals surface area (Å²) < 4.78 is 0. The second kappa shape index (κ2) is 4.90. The summed E-state index contributed by atoms with van der Waals surface area (Å²) in [4.78, 5) is 11.1. The second-order valence-electron chi connectivity index (χ2n) is 5.06. The van der Waals surface area contributed by atoms with Crippen LogP contribution < -0.4 is 10.2 Å². The zero-order valence-electron chi connectivity index (χ0n) is 11.2. The van der Waals surface area contributed by atoms with Crippen LogP contribution in [-0.2, 0) is 0 Å². The molecule has 0 aliphatic heterocycles. The number of nitrogens with zero attached hydrogens (tertiary/aromatic N) is 3. The average molecular weight is 234 g/mol. The molecule has 1 aliphatic rings. The summed E-state index contributed by atoms with van der Waals surface area (Å²) in [7, 11) is 4.07. The van der Waals surface area contributed by atoms with Gasteiger partial charge < -0.3 is 10.2 Å². The Morgan fingerprint density at radius 1 is 1.35 bits per heavy atom. The minimum atomic E-state index is 0.427. The van der Waals surface area contributed by atoms with Gasteiger partial charge in [-0.05, 0) is 25.2 Å². The molecular formula is C13H22N4. The van der Waals surface area contributed by atoms with Crippen molar-refractivity contribution in [2.24, 2.45) is 0 Å². The summed E-state index contributed by atoms with van der Waals surface area (Å²) in [5, 5.41) is 3.17. The van der Waals surface area contributed by atoms with Crippen LogP contribution in [-0.4, -0.2) is 30.1 Å². The highest BCUT2D eigenvalue weighted by Gasteiger charge is 2.26. The largest absolute Gasteiger partial charge is 0.373 e. The van der Waals surface area contributed by atoms with Gasteiger partial charge in [-0.15, -0.1) is 0 Å². The highest BCUT2D eigenvalue weighted by Crippen LogP contribution is 2.34. The molecule has 1 saturated carbocycles. The minimum absolute atomic E-state index is 0.427. The molecular weight excluding hydrogens is 212 g/mol. The molecule has 1 aromatic heterocycles. The van der Waals surface area contributed by atoms with Crippen LogP contribution >= 0.6 is 0 Å². The molecule has 1 aliphatic carbocycles. The zero-order valence-corrected chi connectivity index (χ0v) is 11.2. The Morgan fingerprint density at radius 2 is 2.06 bits per heavy atom. The van der Waals surface area contributed by atoms with Gasteiger partial charge in [0, 0.05) is 25.7 Å². The van der Waals surface area contributed by atoms with Gasteiger partial charge in [0.1, 0.15) is 18.0 Å². The molecule has 1 N–H and O–H groups in total. The first-order chi connectivity index (χ1) is 8.15. The van der Waals surface area contributed by atoms with Gasteiger partial charge in [-0.3, -0.25) is 0 Å². The smallest absolute Gasteiger partial charge is 0.137 e. The molecule has 0 aromatic carbocycles. The SMILES string of the molecule is CNc1ncnc(N(C)C2CCC2)c1C(C)C. The fourth-order valence-corrected chi connectivity index (χ4v) is 2.35. The predicted octanol–water partition coefficient (Wildman–Crippen LogP) is 2.63. The molecule has 1 fully saturated rings. The molecule has 0 amide bonds. The van der Waals surface area contributed by atoms with Gasteiger partial charge in [-0.2, -0.15) is 0 Å². The third kappa shape index (κ3) is 2.21. The molecule has 0 saturated heterocycles. The van der Waals surface area contributed by atoms with Crippen LogP contribution in [0.5, 0.6) is 0 Å². The maximum absolute atomic E-state index is 4.49. The molecule has 1 heterocycles. The van der Waals surface area contributed by atoms with Crippen LogP contribution in [0.3, 0.4) is 0 Å². The van der Waals surface area contributed by atoms with E-state index < -0.39 is 0 Å². The van der Waals surface area contributed by atoms with Crippen molar-refractivity contribution in [3.63, 3.8) is 0 Å². The molecule has 0 radical (unpaired) electrons. The zero-order chi connectivity index (χ0) is 12.4. The number of anilines is 2. The van der Waals surface area contributed by atoms with Crippen molar-refractivity contribution in [2.45, 2.75) is 45.1 Å². The second-order valence-corrected chi connectivity index (χ2v) is 5.06. The lowest BCUT2D eigenvalue weighted by molar-refractivity contribution is 0.398. The van der Waals surface area contributed by atoms with Crippen molar-refractivity contribution in [1.29, 1.82) is 0 Å². The van der Waals surface area contributed by atoms with E-state index in [0.717, 1.165) is 11.6 Å². The first kappa shape index (κ1) is 12.1. The number of rotatable bonds is 4. The van der Waals surface area contributed by atoms with Crippen molar-refractivity contribution in [3.05, 3.63) is 11.9 Å². The van der Waals surface area contributed by atoms with Crippen molar-refractivity contribution in [3.8, 4) is 0 Å². The molecule has 17 heavy (non-hydrogen) atoms. The lowest BCUT2D eigenvalue weighted by Crippen LogP contribution is -2.38. The molecule has 0 spiro atoms. The van der Waals surface area contributed by atoms with Gasteiger partial charge in [-0.25, -0.2) is 9.97 Å². The maximum Gasteiger partial charge on any atom is 0.137 e. The Bertz CT molecular complexity index is 385. The van der Waals surface area contributed by atoms with E-state index >= 15 is 0 Å². The van der Waals surface area contributed by atoms with Gasteiger partial charge in [0.25, 0.3) is 0 Å².